The van der Waals surface area contributed by atoms with Gasteiger partial charge in [-0.3, -0.25) is 4.79 Å². The summed E-state index contributed by atoms with van der Waals surface area (Å²) in [4.78, 5) is 11.0. The van der Waals surface area contributed by atoms with Crippen LogP contribution in [0.3, 0.4) is 0 Å². The number of carbonyl (C=O) groups is 1. The Morgan fingerprint density at radius 1 is 0.861 bits per heavy atom. The van der Waals surface area contributed by atoms with Crippen LogP contribution in [0.25, 0.3) is 0 Å². The van der Waals surface area contributed by atoms with E-state index in [2.05, 4.69) is 0 Å². The summed E-state index contributed by atoms with van der Waals surface area (Å²) in [5.74, 6) is -36.7. The minimum atomic E-state index is -7.89. The van der Waals surface area contributed by atoms with Crippen molar-refractivity contribution in [2.24, 2.45) is 0 Å². The maximum absolute atomic E-state index is 13.8. The van der Waals surface area contributed by atoms with E-state index in [0.29, 0.717) is 11.7 Å². The van der Waals surface area contributed by atoms with Crippen LogP contribution in [0, 0.1) is 0 Å². The summed E-state index contributed by atoms with van der Waals surface area (Å²) in [6.45, 7) is -0.145. The summed E-state index contributed by atoms with van der Waals surface area (Å²) >= 11 is 0. The van der Waals surface area contributed by atoms with Crippen LogP contribution < -0.4 is 5.46 Å². The zero-order chi connectivity index (χ0) is 27.8. The minimum absolute atomic E-state index is 0.145. The lowest BCUT2D eigenvalue weighted by Gasteiger charge is -2.39. The molecule has 0 N–H and O–H groups in total. The van der Waals surface area contributed by atoms with Crippen LogP contribution in [-0.4, -0.2) is 71.4 Å². The fourth-order valence-electron chi connectivity index (χ4n) is 3.02. The van der Waals surface area contributed by atoms with Gasteiger partial charge in [0.05, 0.1) is 12.7 Å². The van der Waals surface area contributed by atoms with Crippen molar-refractivity contribution in [3.63, 3.8) is 0 Å². The van der Waals surface area contributed by atoms with Crippen LogP contribution in [0.4, 0.5) is 57.1 Å². The van der Waals surface area contributed by atoms with Crippen LogP contribution in [-0.2, 0) is 9.31 Å². The quantitative estimate of drug-likeness (QED) is 0.159. The second-order valence-corrected chi connectivity index (χ2v) is 9.03. The Hall–Kier alpha value is -1.82. The average Bonchev–Trinajstić information content (AvgIpc) is 3.24. The van der Waals surface area contributed by atoms with Gasteiger partial charge in [-0.15, -0.1) is 0 Å². The summed E-state index contributed by atoms with van der Waals surface area (Å²) in [5, 5.41) is 0. The third kappa shape index (κ3) is 5.25. The van der Waals surface area contributed by atoms with E-state index < -0.39 is 71.0 Å². The number of hydrogen-bond donors (Lipinski definition) is 0. The van der Waals surface area contributed by atoms with Crippen LogP contribution in [0.1, 0.15) is 16.8 Å². The number of rotatable bonds is 11. The van der Waals surface area contributed by atoms with Crippen molar-refractivity contribution in [3.05, 3.63) is 29.8 Å². The summed E-state index contributed by atoms with van der Waals surface area (Å²) in [6, 6.07) is 4.84. The van der Waals surface area contributed by atoms with Gasteiger partial charge in [-0.25, -0.2) is 0 Å². The fraction of sp³-hybridized carbons (Fsp3) is 0.611. The molecule has 1 fully saturated rings. The molecule has 0 aromatic heterocycles. The monoisotopic (exact) mass is 564 g/mol. The number of aldehydes is 1. The van der Waals surface area contributed by atoms with Gasteiger partial charge in [0.25, 0.3) is 0 Å². The molecule has 0 bridgehead atoms. The first kappa shape index (κ1) is 30.4. The van der Waals surface area contributed by atoms with Gasteiger partial charge in [0.2, 0.25) is 0 Å². The molecule has 0 aliphatic carbocycles. The topological polar surface area (TPSA) is 35.5 Å². The predicted octanol–water partition coefficient (Wildman–Crippen LogP) is 5.28. The van der Waals surface area contributed by atoms with E-state index in [-0.39, 0.29) is 18.2 Å². The molecule has 36 heavy (non-hydrogen) atoms. The summed E-state index contributed by atoms with van der Waals surface area (Å²) in [7, 11) is -1.77. The third-order valence-electron chi connectivity index (χ3n) is 5.11. The van der Waals surface area contributed by atoms with Crippen LogP contribution in [0.15, 0.2) is 24.3 Å². The molecule has 1 aromatic carbocycles. The highest BCUT2D eigenvalue weighted by Gasteiger charge is 2.90. The molecular formula is C18H14BF13O3Si. The Morgan fingerprint density at radius 3 is 1.97 bits per heavy atom. The van der Waals surface area contributed by atoms with E-state index in [1.807, 2.05) is 0 Å². The molecular weight excluding hydrogens is 550 g/mol. The molecule has 0 saturated carbocycles. The van der Waals surface area contributed by atoms with Crippen molar-refractivity contribution in [2.45, 2.75) is 60.4 Å². The van der Waals surface area contributed by atoms with Crippen molar-refractivity contribution in [2.75, 3.05) is 6.61 Å². The number of carbonyl (C=O) groups excluding carboxylic acids is 1. The van der Waals surface area contributed by atoms with Crippen molar-refractivity contribution in [3.8, 4) is 0 Å². The Kier molecular flexibility index (Phi) is 8.57. The van der Waals surface area contributed by atoms with Gasteiger partial charge in [-0.2, -0.15) is 57.1 Å². The molecule has 2 radical (unpaired) electrons. The highest BCUT2D eigenvalue weighted by molar-refractivity contribution is 6.63. The highest BCUT2D eigenvalue weighted by Crippen LogP contribution is 2.60. The zero-order valence-corrected chi connectivity index (χ0v) is 18.5. The maximum Gasteiger partial charge on any atom is 0.494 e. The molecule has 3 nitrogen and oxygen atoms in total. The summed E-state index contributed by atoms with van der Waals surface area (Å²) in [6.07, 6.45) is -9.98. The Labute approximate surface area is 197 Å². The second-order valence-electron chi connectivity index (χ2n) is 7.62. The fourth-order valence-corrected chi connectivity index (χ4v) is 4.25. The lowest BCUT2D eigenvalue weighted by molar-refractivity contribution is -0.439. The van der Waals surface area contributed by atoms with E-state index >= 15 is 0 Å². The number of benzene rings is 1. The van der Waals surface area contributed by atoms with Crippen LogP contribution in [0.2, 0.25) is 12.1 Å². The Bertz CT molecular complexity index is 926. The van der Waals surface area contributed by atoms with E-state index in [1.54, 1.807) is 12.1 Å². The molecule has 1 saturated heterocycles. The average molecular weight is 564 g/mol. The van der Waals surface area contributed by atoms with Crippen LogP contribution >= 0.6 is 0 Å². The first-order valence-corrected chi connectivity index (χ1v) is 11.1. The summed E-state index contributed by atoms with van der Waals surface area (Å²) < 4.78 is 181. The lowest BCUT2D eigenvalue weighted by atomic mass is 9.76. The van der Waals surface area contributed by atoms with Gasteiger partial charge >= 0.3 is 42.9 Å². The molecule has 0 amide bonds. The van der Waals surface area contributed by atoms with Gasteiger partial charge in [-0.1, -0.05) is 30.3 Å². The van der Waals surface area contributed by atoms with Crippen molar-refractivity contribution in [1.29, 1.82) is 0 Å². The van der Waals surface area contributed by atoms with Crippen LogP contribution in [0.5, 0.6) is 0 Å². The van der Waals surface area contributed by atoms with Gasteiger partial charge in [0.1, 0.15) is 6.29 Å². The van der Waals surface area contributed by atoms with Crippen molar-refractivity contribution >= 4 is 28.4 Å². The van der Waals surface area contributed by atoms with Crippen molar-refractivity contribution < 1.29 is 71.2 Å². The van der Waals surface area contributed by atoms with E-state index in [9.17, 15) is 61.9 Å². The summed E-state index contributed by atoms with van der Waals surface area (Å²) in [5.41, 5.74) is 0.532. The lowest BCUT2D eigenvalue weighted by Crippen LogP contribution is -2.70. The Balaban J connectivity index is 2.01. The highest BCUT2D eigenvalue weighted by atomic mass is 28.2. The SMILES string of the molecule is O=Cc1ccccc1B1OCC(C[Si]CCC(F)(F)C(F)(F)C(F)(F)C(F)(F)C(F)(F)C(F)(F)F)O1. The van der Waals surface area contributed by atoms with Gasteiger partial charge in [-0.05, 0) is 11.5 Å². The first-order valence-electron chi connectivity index (χ1n) is 9.72. The minimum Gasteiger partial charge on any atom is -0.405 e. The molecule has 1 atom stereocenters. The van der Waals surface area contributed by atoms with Crippen molar-refractivity contribution in [1.82, 2.24) is 0 Å². The van der Waals surface area contributed by atoms with E-state index in [4.69, 9.17) is 9.31 Å². The normalized spacial score (nSPS) is 18.6. The van der Waals surface area contributed by atoms with Gasteiger partial charge < -0.3 is 9.31 Å². The van der Waals surface area contributed by atoms with Gasteiger partial charge in [0, 0.05) is 21.5 Å². The smallest absolute Gasteiger partial charge is 0.405 e. The molecule has 0 spiro atoms. The first-order chi connectivity index (χ1) is 16.2. The molecule has 202 valence electrons. The maximum atomic E-state index is 13.8. The molecule has 1 aromatic rings. The third-order valence-corrected chi connectivity index (χ3v) is 6.46. The van der Waals surface area contributed by atoms with E-state index in [1.165, 1.54) is 12.1 Å². The second kappa shape index (κ2) is 10.2. The van der Waals surface area contributed by atoms with E-state index in [0.717, 1.165) is 0 Å². The van der Waals surface area contributed by atoms with Gasteiger partial charge in [0.15, 0.2) is 0 Å². The molecule has 1 aliphatic rings. The molecule has 1 unspecified atom stereocenters. The standard InChI is InChI=1S/C18H14BF13O3Si/c20-13(21,14(22,23)15(24,25)16(26,27)17(28,29)18(30,31)32)5-6-36-9-11-8-34-19(35-11)12-4-2-1-3-10(12)7-33/h1-4,7,11H,5-6,8-9H2. The zero-order valence-electron chi connectivity index (χ0n) is 17.5. The number of halogens is 13. The number of alkyl halides is 13. The molecule has 2 rings (SSSR count). The molecule has 1 heterocycles. The number of hydrogen-bond acceptors (Lipinski definition) is 3. The molecule has 18 heteroatoms. The molecule has 1 aliphatic heterocycles. The predicted molar refractivity (Wildman–Crippen MR) is 98.8 cm³/mol. The Morgan fingerprint density at radius 2 is 1.42 bits per heavy atom. The largest absolute Gasteiger partial charge is 0.494 e.